The summed E-state index contributed by atoms with van der Waals surface area (Å²) in [5.41, 5.74) is 6.39. The Morgan fingerprint density at radius 1 is 1.09 bits per heavy atom. The molecule has 4 heterocycles. The van der Waals surface area contributed by atoms with Crippen LogP contribution >= 0.6 is 69.3 Å². The number of carbonyl (C=O) groups excluding carboxylic acids is 2. The number of hydrogen-bond acceptors (Lipinski definition) is 7. The first-order valence-electron chi connectivity index (χ1n) is 11.9. The van der Waals surface area contributed by atoms with Crippen molar-refractivity contribution >= 4 is 97.1 Å². The first-order chi connectivity index (χ1) is 20.3. The molecule has 3 N–H and O–H groups in total. The van der Waals surface area contributed by atoms with Gasteiger partial charge in [-0.25, -0.2) is 13.8 Å². The van der Waals surface area contributed by atoms with E-state index in [0.717, 1.165) is 11.3 Å². The van der Waals surface area contributed by atoms with Gasteiger partial charge in [0, 0.05) is 24.2 Å². The molecule has 2 amide bonds. The summed E-state index contributed by atoms with van der Waals surface area (Å²) >= 11 is 31.3. The number of pyridine rings is 1. The van der Waals surface area contributed by atoms with Gasteiger partial charge in [0.1, 0.15) is 37.8 Å². The first kappa shape index (κ1) is 31.3. The number of alkyl halides is 2. The number of furan rings is 1. The van der Waals surface area contributed by atoms with Crippen molar-refractivity contribution in [3.8, 4) is 16.9 Å². The highest BCUT2D eigenvalue weighted by molar-refractivity contribution is 7.21. The van der Waals surface area contributed by atoms with Crippen molar-refractivity contribution in [2.75, 3.05) is 5.32 Å². The number of hydrogen-bond donors (Lipinski definition) is 2. The lowest BCUT2D eigenvalue weighted by Gasteiger charge is -2.13. The largest absolute Gasteiger partial charge is 0.482 e. The molecule has 5 aromatic rings. The van der Waals surface area contributed by atoms with Crippen molar-refractivity contribution in [3.05, 3.63) is 77.3 Å². The lowest BCUT2D eigenvalue weighted by atomic mass is 10.0. The number of rotatable bonds is 8. The number of halogens is 7. The van der Waals surface area contributed by atoms with Gasteiger partial charge in [0.25, 0.3) is 18.2 Å². The Morgan fingerprint density at radius 2 is 1.74 bits per heavy atom. The molecule has 0 saturated heterocycles. The molecule has 224 valence electrons. The molecule has 0 aliphatic heterocycles. The highest BCUT2D eigenvalue weighted by Crippen LogP contribution is 2.48. The van der Waals surface area contributed by atoms with Crippen LogP contribution < -0.4 is 15.8 Å². The Labute approximate surface area is 270 Å². The van der Waals surface area contributed by atoms with Crippen LogP contribution in [-0.2, 0) is 13.7 Å². The fraction of sp³-hybridized carbons (Fsp3) is 0.154. The van der Waals surface area contributed by atoms with E-state index in [1.807, 2.05) is 0 Å². The highest BCUT2D eigenvalue weighted by Gasteiger charge is 2.27. The van der Waals surface area contributed by atoms with E-state index in [4.69, 9.17) is 72.9 Å². The van der Waals surface area contributed by atoms with Gasteiger partial charge in [-0.3, -0.25) is 14.3 Å². The third kappa shape index (κ3) is 5.87. The average molecular weight is 710 g/mol. The number of ether oxygens (including phenoxy) is 1. The summed E-state index contributed by atoms with van der Waals surface area (Å²) in [5.74, 6) is -1.70. The van der Waals surface area contributed by atoms with Gasteiger partial charge in [0.15, 0.2) is 11.5 Å². The number of nitrogens with zero attached hydrogens (tertiary/aromatic N) is 3. The van der Waals surface area contributed by atoms with E-state index in [-0.39, 0.29) is 75.3 Å². The van der Waals surface area contributed by atoms with Crippen molar-refractivity contribution in [1.29, 1.82) is 0 Å². The Balaban J connectivity index is 1.50. The number of carbonyl (C=O) groups is 2. The minimum atomic E-state index is -2.90. The lowest BCUT2D eigenvalue weighted by Crippen LogP contribution is -2.16. The van der Waals surface area contributed by atoms with Gasteiger partial charge >= 0.3 is 0 Å². The van der Waals surface area contributed by atoms with E-state index in [2.05, 4.69) is 15.4 Å². The molecule has 17 heteroatoms. The number of nitrogens with one attached hydrogen (secondary N) is 1. The van der Waals surface area contributed by atoms with Gasteiger partial charge < -0.3 is 20.2 Å². The molecule has 0 aliphatic rings. The minimum absolute atomic E-state index is 0.0118. The topological polar surface area (TPSA) is 125 Å². The number of anilines is 1. The fourth-order valence-corrected chi connectivity index (χ4v) is 6.45. The van der Waals surface area contributed by atoms with Crippen LogP contribution in [0.25, 0.3) is 21.3 Å². The molecule has 1 aromatic carbocycles. The number of nitrogens with two attached hydrogens (primary N) is 1. The van der Waals surface area contributed by atoms with Crippen molar-refractivity contribution < 1.29 is 27.5 Å². The molecule has 0 spiro atoms. The van der Waals surface area contributed by atoms with Crippen LogP contribution in [0.2, 0.25) is 25.1 Å². The van der Waals surface area contributed by atoms with Crippen LogP contribution in [-0.4, -0.2) is 26.6 Å². The quantitative estimate of drug-likeness (QED) is 0.123. The third-order valence-electron chi connectivity index (χ3n) is 6.09. The number of amides is 2. The molecule has 0 unspecified atom stereocenters. The number of primary amides is 1. The molecule has 4 aromatic heterocycles. The number of thiophene rings is 1. The Bertz CT molecular complexity index is 1910. The van der Waals surface area contributed by atoms with E-state index in [1.54, 1.807) is 20.2 Å². The Hall–Kier alpha value is -3.13. The molecule has 5 rings (SSSR count). The van der Waals surface area contributed by atoms with Gasteiger partial charge in [0.2, 0.25) is 0 Å². The van der Waals surface area contributed by atoms with E-state index < -0.39 is 23.9 Å². The first-order valence-corrected chi connectivity index (χ1v) is 14.6. The second-order valence-corrected chi connectivity index (χ2v) is 11.8. The van der Waals surface area contributed by atoms with Crippen LogP contribution in [0.15, 0.2) is 28.8 Å². The standard InChI is InChI=1S/C26H16Cl5F2N5O4S/c1-8-11(6-38(2)37-8)10-5-12(23(32)33)35-26-14(10)20(22(43-26)24(34)39)36-25(40)13-4-3-9(42-13)7-41-21-18(30)16(28)15(27)17(29)19(21)31/h3-6,23H,7H2,1-2H3,(H2,34,39)(H,36,40). The predicted molar refractivity (Wildman–Crippen MR) is 163 cm³/mol. The Kier molecular flexibility index (Phi) is 8.81. The molecule has 0 bridgehead atoms. The second-order valence-electron chi connectivity index (χ2n) is 8.96. The van der Waals surface area contributed by atoms with Gasteiger partial charge in [-0.15, -0.1) is 11.3 Å². The van der Waals surface area contributed by atoms with E-state index in [1.165, 1.54) is 22.9 Å². The van der Waals surface area contributed by atoms with Crippen LogP contribution in [0, 0.1) is 6.92 Å². The summed E-state index contributed by atoms with van der Waals surface area (Å²) in [6.07, 6.45) is -1.27. The summed E-state index contributed by atoms with van der Waals surface area (Å²) in [5, 5.41) is 6.85. The van der Waals surface area contributed by atoms with Gasteiger partial charge in [-0.05, 0) is 30.7 Å². The van der Waals surface area contributed by atoms with Crippen molar-refractivity contribution in [2.45, 2.75) is 20.0 Å². The zero-order chi connectivity index (χ0) is 31.3. The fourth-order valence-electron chi connectivity index (χ4n) is 4.21. The second kappa shape index (κ2) is 12.1. The SMILES string of the molecule is Cc1nn(C)cc1-c1cc(C(F)F)nc2sc(C(N)=O)c(NC(=O)c3ccc(COc4c(Cl)c(Cl)c(Cl)c(Cl)c4Cl)o3)c12. The van der Waals surface area contributed by atoms with Crippen LogP contribution in [0.3, 0.4) is 0 Å². The number of benzene rings is 1. The van der Waals surface area contributed by atoms with E-state index in [9.17, 15) is 18.4 Å². The molecule has 0 saturated carbocycles. The van der Waals surface area contributed by atoms with Gasteiger partial charge in [0.05, 0.1) is 26.4 Å². The molecular formula is C26H16Cl5F2N5O4S. The summed E-state index contributed by atoms with van der Waals surface area (Å²) in [6, 6.07) is 4.01. The molecule has 9 nitrogen and oxygen atoms in total. The number of aryl methyl sites for hydroxylation is 2. The van der Waals surface area contributed by atoms with E-state index >= 15 is 0 Å². The maximum absolute atomic E-state index is 13.8. The van der Waals surface area contributed by atoms with Crippen molar-refractivity contribution in [2.24, 2.45) is 12.8 Å². The Morgan fingerprint density at radius 3 is 2.33 bits per heavy atom. The molecule has 0 radical (unpaired) electrons. The van der Waals surface area contributed by atoms with Crippen LogP contribution in [0.5, 0.6) is 5.75 Å². The molecule has 43 heavy (non-hydrogen) atoms. The summed E-state index contributed by atoms with van der Waals surface area (Å²) in [4.78, 5) is 29.7. The summed E-state index contributed by atoms with van der Waals surface area (Å²) < 4.78 is 40.3. The maximum atomic E-state index is 13.8. The third-order valence-corrected chi connectivity index (χ3v) is 9.43. The van der Waals surface area contributed by atoms with Crippen molar-refractivity contribution in [1.82, 2.24) is 14.8 Å². The van der Waals surface area contributed by atoms with Gasteiger partial charge in [-0.1, -0.05) is 58.0 Å². The predicted octanol–water partition coefficient (Wildman–Crippen LogP) is 8.73. The minimum Gasteiger partial charge on any atom is -0.482 e. The monoisotopic (exact) mass is 707 g/mol. The van der Waals surface area contributed by atoms with Gasteiger partial charge in [-0.2, -0.15) is 5.10 Å². The number of fused-ring (bicyclic) bond motifs is 1. The molecular weight excluding hydrogens is 694 g/mol. The maximum Gasteiger partial charge on any atom is 0.291 e. The smallest absolute Gasteiger partial charge is 0.291 e. The van der Waals surface area contributed by atoms with E-state index in [0.29, 0.717) is 11.3 Å². The number of aromatic nitrogens is 3. The zero-order valence-corrected chi connectivity index (χ0v) is 26.3. The molecule has 0 atom stereocenters. The summed E-state index contributed by atoms with van der Waals surface area (Å²) in [6.45, 7) is 1.46. The molecule has 0 fully saturated rings. The zero-order valence-electron chi connectivity index (χ0n) is 21.7. The molecule has 0 aliphatic carbocycles. The highest BCUT2D eigenvalue weighted by atomic mass is 35.5. The van der Waals surface area contributed by atoms with Crippen molar-refractivity contribution in [3.63, 3.8) is 0 Å². The summed E-state index contributed by atoms with van der Waals surface area (Å²) in [7, 11) is 1.67. The average Bonchev–Trinajstić information content (AvgIpc) is 3.67. The lowest BCUT2D eigenvalue weighted by molar-refractivity contribution is 0.0992. The van der Waals surface area contributed by atoms with Crippen LogP contribution in [0.1, 0.15) is 43.8 Å². The normalized spacial score (nSPS) is 11.5. The van der Waals surface area contributed by atoms with Crippen LogP contribution in [0.4, 0.5) is 14.5 Å².